The summed E-state index contributed by atoms with van der Waals surface area (Å²) in [6.07, 6.45) is 0.532. The highest BCUT2D eigenvalue weighted by Gasteiger charge is 2.25. The number of carbonyl (C=O) groups is 6. The van der Waals surface area contributed by atoms with Crippen LogP contribution in [0.15, 0.2) is 0 Å². The third kappa shape index (κ3) is 23.0. The molecule has 6 N–H and O–H groups in total. The van der Waals surface area contributed by atoms with Gasteiger partial charge in [0, 0.05) is 92.2 Å². The van der Waals surface area contributed by atoms with Crippen LogP contribution in [-0.2, 0) is 43.0 Å². The van der Waals surface area contributed by atoms with Gasteiger partial charge in [-0.05, 0) is 19.8 Å². The molecule has 0 radical (unpaired) electrons. The van der Waals surface area contributed by atoms with Gasteiger partial charge in [0.25, 0.3) is 0 Å². The lowest BCUT2D eigenvalue weighted by Gasteiger charge is -2.33. The summed E-state index contributed by atoms with van der Waals surface area (Å²) in [5.41, 5.74) is 0. The minimum absolute atomic E-state index is 0.0282. The average molecular weight is 720 g/mol. The van der Waals surface area contributed by atoms with Crippen LogP contribution in [0.4, 0.5) is 0 Å². The first-order valence-corrected chi connectivity index (χ1v) is 17.0. The highest BCUT2D eigenvalue weighted by Crippen LogP contribution is 2.04. The fourth-order valence-electron chi connectivity index (χ4n) is 5.03. The van der Waals surface area contributed by atoms with Crippen LogP contribution in [0.2, 0.25) is 0 Å². The van der Waals surface area contributed by atoms with E-state index in [0.29, 0.717) is 46.0 Å². The Morgan fingerprint density at radius 3 is 1.56 bits per heavy atom. The Bertz CT molecular complexity index is 1010. The maximum Gasteiger partial charge on any atom is 0.317 e. The maximum absolute atomic E-state index is 13.4. The van der Waals surface area contributed by atoms with Gasteiger partial charge in [-0.3, -0.25) is 48.4 Å². The molecule has 19 nitrogen and oxygen atoms in total. The smallest absolute Gasteiger partial charge is 0.317 e. The first kappa shape index (κ1) is 44.6. The molecule has 0 saturated carbocycles. The summed E-state index contributed by atoms with van der Waals surface area (Å²) < 4.78 is 15.6. The lowest BCUT2D eigenvalue weighted by Crippen LogP contribution is -2.52. The zero-order chi connectivity index (χ0) is 37.1. The van der Waals surface area contributed by atoms with Crippen LogP contribution in [0.1, 0.15) is 26.2 Å². The third-order valence-corrected chi connectivity index (χ3v) is 7.65. The Morgan fingerprint density at radius 1 is 0.620 bits per heavy atom. The summed E-state index contributed by atoms with van der Waals surface area (Å²) in [6, 6.07) is -1.02. The standard InChI is InChI=1S/C31H57N7O12/c1-3-49-19-20-50-17-4-7-33-31(47)25(5-6-26(39)32-8-18-48-2)34-27(40)21-35-9-11-36(22-28(41)42)13-15-38(24-30(45)46)16-14-37(12-10-35)23-29(43)44/h25H,3-24H2,1-2H3,(H,32,39)(H,33,47)(H,34,40)(H,41,42)(H,43,44)(H,45,46)/t25-/m1/s1. The SMILES string of the molecule is CCOCCOCCCNC(=O)[C@@H](CCC(=O)NCCOC)NC(=O)CN1CCN(CC(=O)O)CCN(CC(=O)O)CCN(CC(=O)O)CC1. The highest BCUT2D eigenvalue weighted by atomic mass is 16.5. The van der Waals surface area contributed by atoms with Crippen molar-refractivity contribution < 1.29 is 58.3 Å². The second-order valence-electron chi connectivity index (χ2n) is 11.7. The molecule has 1 fully saturated rings. The first-order chi connectivity index (χ1) is 23.9. The molecule has 0 bridgehead atoms. The average Bonchev–Trinajstić information content (AvgIpc) is 3.04. The lowest BCUT2D eigenvalue weighted by atomic mass is 10.1. The van der Waals surface area contributed by atoms with Gasteiger partial charge in [0.2, 0.25) is 17.7 Å². The molecule has 3 amide bonds. The van der Waals surface area contributed by atoms with E-state index >= 15 is 0 Å². The van der Waals surface area contributed by atoms with Gasteiger partial charge in [-0.1, -0.05) is 0 Å². The predicted molar refractivity (Wildman–Crippen MR) is 180 cm³/mol. The first-order valence-electron chi connectivity index (χ1n) is 17.0. The minimum Gasteiger partial charge on any atom is -0.480 e. The topological polar surface area (TPSA) is 240 Å². The van der Waals surface area contributed by atoms with Crippen LogP contribution in [0.25, 0.3) is 0 Å². The van der Waals surface area contributed by atoms with Gasteiger partial charge in [-0.2, -0.15) is 0 Å². The molecule has 1 heterocycles. The molecule has 0 aromatic rings. The molecule has 1 aliphatic heterocycles. The quantitative estimate of drug-likeness (QED) is 0.0547. The van der Waals surface area contributed by atoms with E-state index in [4.69, 9.17) is 14.2 Å². The van der Waals surface area contributed by atoms with Crippen molar-refractivity contribution in [2.75, 3.05) is 132 Å². The van der Waals surface area contributed by atoms with Crippen LogP contribution < -0.4 is 16.0 Å². The second-order valence-corrected chi connectivity index (χ2v) is 11.7. The van der Waals surface area contributed by atoms with E-state index in [9.17, 15) is 44.1 Å². The summed E-state index contributed by atoms with van der Waals surface area (Å²) >= 11 is 0. The van der Waals surface area contributed by atoms with E-state index in [1.54, 1.807) is 19.6 Å². The third-order valence-electron chi connectivity index (χ3n) is 7.65. The van der Waals surface area contributed by atoms with Crippen LogP contribution in [0.5, 0.6) is 0 Å². The van der Waals surface area contributed by atoms with Gasteiger partial charge >= 0.3 is 17.9 Å². The molecule has 19 heteroatoms. The summed E-state index contributed by atoms with van der Waals surface area (Å²) in [5, 5.41) is 36.5. The van der Waals surface area contributed by atoms with E-state index in [-0.39, 0.29) is 104 Å². The van der Waals surface area contributed by atoms with E-state index in [1.165, 1.54) is 7.11 Å². The Balaban J connectivity index is 2.98. The number of rotatable bonds is 24. The Morgan fingerprint density at radius 2 is 1.10 bits per heavy atom. The summed E-state index contributed by atoms with van der Waals surface area (Å²) in [6.45, 7) is 5.57. The zero-order valence-corrected chi connectivity index (χ0v) is 29.4. The maximum atomic E-state index is 13.4. The highest BCUT2D eigenvalue weighted by molar-refractivity contribution is 5.89. The van der Waals surface area contributed by atoms with E-state index in [1.807, 2.05) is 6.92 Å². The number of carboxylic acids is 3. The molecule has 0 aromatic heterocycles. The predicted octanol–water partition coefficient (Wildman–Crippen LogP) is -2.95. The van der Waals surface area contributed by atoms with Gasteiger partial charge < -0.3 is 45.5 Å². The van der Waals surface area contributed by atoms with Crippen molar-refractivity contribution in [2.45, 2.75) is 32.2 Å². The second kappa shape index (κ2) is 27.3. The molecule has 1 saturated heterocycles. The van der Waals surface area contributed by atoms with Crippen molar-refractivity contribution in [3.05, 3.63) is 0 Å². The number of methoxy groups -OCH3 is 1. The summed E-state index contributed by atoms with van der Waals surface area (Å²) in [7, 11) is 1.51. The number of nitrogens with one attached hydrogen (secondary N) is 3. The van der Waals surface area contributed by atoms with Gasteiger partial charge in [0.15, 0.2) is 0 Å². The number of amides is 3. The van der Waals surface area contributed by atoms with Crippen LogP contribution >= 0.6 is 0 Å². The summed E-state index contributed by atoms with van der Waals surface area (Å²) in [4.78, 5) is 80.1. The van der Waals surface area contributed by atoms with Gasteiger partial charge in [0.1, 0.15) is 6.04 Å². The van der Waals surface area contributed by atoms with Crippen molar-refractivity contribution in [2.24, 2.45) is 0 Å². The molecule has 0 aromatic carbocycles. The van der Waals surface area contributed by atoms with Gasteiger partial charge in [-0.25, -0.2) is 0 Å². The van der Waals surface area contributed by atoms with Crippen LogP contribution in [0.3, 0.4) is 0 Å². The lowest BCUT2D eigenvalue weighted by molar-refractivity contribution is -0.140. The number of hydrogen-bond acceptors (Lipinski definition) is 13. The van der Waals surface area contributed by atoms with Crippen LogP contribution in [0, 0.1) is 0 Å². The van der Waals surface area contributed by atoms with Gasteiger partial charge in [-0.15, -0.1) is 0 Å². The van der Waals surface area contributed by atoms with Crippen molar-refractivity contribution in [3.63, 3.8) is 0 Å². The molecular formula is C31H57N7O12. The van der Waals surface area contributed by atoms with Crippen molar-refractivity contribution in [3.8, 4) is 0 Å². The van der Waals surface area contributed by atoms with Crippen molar-refractivity contribution in [1.82, 2.24) is 35.6 Å². The summed E-state index contributed by atoms with van der Waals surface area (Å²) in [5.74, 6) is -4.44. The van der Waals surface area contributed by atoms with E-state index in [2.05, 4.69) is 16.0 Å². The minimum atomic E-state index is -1.06. The largest absolute Gasteiger partial charge is 0.480 e. The van der Waals surface area contributed by atoms with Crippen molar-refractivity contribution >= 4 is 35.6 Å². The van der Waals surface area contributed by atoms with E-state index < -0.39 is 35.8 Å². The van der Waals surface area contributed by atoms with Crippen molar-refractivity contribution in [1.29, 1.82) is 0 Å². The number of carboxylic acid groups (broad SMARTS) is 3. The zero-order valence-electron chi connectivity index (χ0n) is 29.4. The molecule has 1 aliphatic rings. The number of carbonyl (C=O) groups excluding carboxylic acids is 3. The Labute approximate surface area is 293 Å². The molecule has 0 spiro atoms. The molecule has 288 valence electrons. The fourth-order valence-corrected chi connectivity index (χ4v) is 5.03. The van der Waals surface area contributed by atoms with Gasteiger partial charge in [0.05, 0.1) is 46.0 Å². The Kier molecular flexibility index (Phi) is 24.3. The fraction of sp³-hybridized carbons (Fsp3) is 0.806. The molecule has 50 heavy (non-hydrogen) atoms. The number of ether oxygens (including phenoxy) is 3. The molecule has 0 unspecified atom stereocenters. The number of nitrogens with zero attached hydrogens (tertiary/aromatic N) is 4. The molecule has 1 rings (SSSR count). The normalized spacial score (nSPS) is 16.4. The molecular weight excluding hydrogens is 662 g/mol. The molecule has 0 aliphatic carbocycles. The van der Waals surface area contributed by atoms with Crippen LogP contribution in [-0.4, -0.2) is 208 Å². The van der Waals surface area contributed by atoms with E-state index in [0.717, 1.165) is 0 Å². The number of hydrogen-bond donors (Lipinski definition) is 6. The Hall–Kier alpha value is -3.46. The molecule has 1 atom stereocenters. The number of aliphatic carboxylic acids is 3. The monoisotopic (exact) mass is 719 g/mol.